The van der Waals surface area contributed by atoms with Gasteiger partial charge in [-0.2, -0.15) is 0 Å². The van der Waals surface area contributed by atoms with E-state index in [1.54, 1.807) is 0 Å². The number of hydrogen-bond acceptors (Lipinski definition) is 3. The van der Waals surface area contributed by atoms with Gasteiger partial charge in [0.2, 0.25) is 0 Å². The summed E-state index contributed by atoms with van der Waals surface area (Å²) in [7, 11) is 0. The summed E-state index contributed by atoms with van der Waals surface area (Å²) in [5.74, 6) is 1.72. The molecule has 112 valence electrons. The van der Waals surface area contributed by atoms with Gasteiger partial charge >= 0.3 is 0 Å². The van der Waals surface area contributed by atoms with Crippen molar-refractivity contribution in [2.45, 2.75) is 46.8 Å². The highest BCUT2D eigenvalue weighted by Gasteiger charge is 2.19. The number of ether oxygens (including phenoxy) is 2. The van der Waals surface area contributed by atoms with E-state index in [9.17, 15) is 0 Å². The maximum Gasteiger partial charge on any atom is 0.125 e. The predicted molar refractivity (Wildman–Crippen MR) is 82.3 cm³/mol. The zero-order valence-electron chi connectivity index (χ0n) is 13.2. The average molecular weight is 277 g/mol. The first-order chi connectivity index (χ1) is 9.56. The van der Waals surface area contributed by atoms with Crippen LogP contribution in [0.15, 0.2) is 12.1 Å². The van der Waals surface area contributed by atoms with Crippen molar-refractivity contribution in [3.8, 4) is 5.75 Å². The van der Waals surface area contributed by atoms with Gasteiger partial charge in [-0.05, 0) is 43.0 Å². The molecule has 0 spiro atoms. The minimum absolute atomic E-state index is 0.220. The van der Waals surface area contributed by atoms with Crippen molar-refractivity contribution >= 4 is 0 Å². The maximum atomic E-state index is 6.09. The Hall–Kier alpha value is -1.06. The van der Waals surface area contributed by atoms with Crippen LogP contribution in [0.4, 0.5) is 0 Å². The molecule has 1 saturated heterocycles. The van der Waals surface area contributed by atoms with Gasteiger partial charge in [-0.15, -0.1) is 0 Å². The Morgan fingerprint density at radius 3 is 2.55 bits per heavy atom. The summed E-state index contributed by atoms with van der Waals surface area (Å²) in [6.07, 6.45) is 1.22. The molecule has 3 nitrogen and oxygen atoms in total. The van der Waals surface area contributed by atoms with Gasteiger partial charge < -0.3 is 14.8 Å². The summed E-state index contributed by atoms with van der Waals surface area (Å²) in [5.41, 5.74) is 3.77. The van der Waals surface area contributed by atoms with Crippen LogP contribution in [-0.4, -0.2) is 25.9 Å². The van der Waals surface area contributed by atoms with E-state index in [4.69, 9.17) is 9.47 Å². The van der Waals surface area contributed by atoms with Gasteiger partial charge in [0.25, 0.3) is 0 Å². The molecule has 1 heterocycles. The molecule has 0 aliphatic carbocycles. The van der Waals surface area contributed by atoms with Gasteiger partial charge in [0.1, 0.15) is 11.9 Å². The molecule has 1 aliphatic heterocycles. The Labute approximate surface area is 122 Å². The van der Waals surface area contributed by atoms with E-state index >= 15 is 0 Å². The molecule has 1 aromatic carbocycles. The van der Waals surface area contributed by atoms with E-state index < -0.39 is 0 Å². The Kier molecular flexibility index (Phi) is 5.44. The monoisotopic (exact) mass is 277 g/mol. The summed E-state index contributed by atoms with van der Waals surface area (Å²) < 4.78 is 11.5. The van der Waals surface area contributed by atoms with Crippen molar-refractivity contribution in [2.24, 2.45) is 5.92 Å². The van der Waals surface area contributed by atoms with Gasteiger partial charge in [-0.3, -0.25) is 0 Å². The molecule has 2 rings (SSSR count). The molecule has 1 N–H and O–H groups in total. The van der Waals surface area contributed by atoms with Gasteiger partial charge in [0.05, 0.1) is 13.2 Å². The lowest BCUT2D eigenvalue weighted by molar-refractivity contribution is 0.140. The molecule has 1 aliphatic rings. The first kappa shape index (κ1) is 15.3. The Morgan fingerprint density at radius 2 is 2.00 bits per heavy atom. The summed E-state index contributed by atoms with van der Waals surface area (Å²) in [4.78, 5) is 0. The van der Waals surface area contributed by atoms with Crippen LogP contribution >= 0.6 is 0 Å². The van der Waals surface area contributed by atoms with E-state index in [-0.39, 0.29) is 6.10 Å². The number of benzene rings is 1. The van der Waals surface area contributed by atoms with Crippen LogP contribution in [0.1, 0.15) is 37.0 Å². The lowest BCUT2D eigenvalue weighted by Crippen LogP contribution is -2.20. The van der Waals surface area contributed by atoms with E-state index in [1.165, 1.54) is 16.7 Å². The highest BCUT2D eigenvalue weighted by molar-refractivity contribution is 5.43. The summed E-state index contributed by atoms with van der Waals surface area (Å²) in [6.45, 7) is 12.2. The van der Waals surface area contributed by atoms with Crippen molar-refractivity contribution in [2.75, 3.05) is 19.8 Å². The van der Waals surface area contributed by atoms with Gasteiger partial charge in [-0.1, -0.05) is 26.0 Å². The van der Waals surface area contributed by atoms with Crippen LogP contribution in [0.5, 0.6) is 5.75 Å². The topological polar surface area (TPSA) is 30.5 Å². The second-order valence-corrected chi connectivity index (χ2v) is 6.19. The van der Waals surface area contributed by atoms with Crippen LogP contribution in [0.2, 0.25) is 0 Å². The largest absolute Gasteiger partial charge is 0.487 e. The van der Waals surface area contributed by atoms with Crippen molar-refractivity contribution < 1.29 is 9.47 Å². The molecule has 0 bridgehead atoms. The normalized spacial score (nSPS) is 18.8. The highest BCUT2D eigenvalue weighted by Crippen LogP contribution is 2.27. The Morgan fingerprint density at radius 1 is 1.30 bits per heavy atom. The van der Waals surface area contributed by atoms with Crippen LogP contribution in [0, 0.1) is 19.8 Å². The average Bonchev–Trinajstić information content (AvgIpc) is 2.86. The molecule has 20 heavy (non-hydrogen) atoms. The number of aryl methyl sites for hydroxylation is 2. The molecule has 0 aromatic heterocycles. The molecule has 0 amide bonds. The van der Waals surface area contributed by atoms with Crippen LogP contribution < -0.4 is 10.1 Å². The lowest BCUT2D eigenvalue weighted by Gasteiger charge is -2.18. The van der Waals surface area contributed by atoms with Crippen molar-refractivity contribution in [3.05, 3.63) is 28.8 Å². The lowest BCUT2D eigenvalue weighted by atomic mass is 10.1. The molecule has 1 fully saturated rings. The second kappa shape index (κ2) is 7.09. The van der Waals surface area contributed by atoms with E-state index in [2.05, 4.69) is 45.1 Å². The first-order valence-corrected chi connectivity index (χ1v) is 7.61. The highest BCUT2D eigenvalue weighted by atomic mass is 16.5. The summed E-state index contributed by atoms with van der Waals surface area (Å²) >= 11 is 0. The van der Waals surface area contributed by atoms with E-state index in [0.717, 1.165) is 38.5 Å². The van der Waals surface area contributed by atoms with Gasteiger partial charge in [0, 0.05) is 13.0 Å². The van der Waals surface area contributed by atoms with Crippen molar-refractivity contribution in [1.29, 1.82) is 0 Å². The van der Waals surface area contributed by atoms with E-state index in [1.807, 2.05) is 0 Å². The molecule has 1 unspecified atom stereocenters. The molecular weight excluding hydrogens is 250 g/mol. The van der Waals surface area contributed by atoms with Crippen molar-refractivity contribution in [3.63, 3.8) is 0 Å². The van der Waals surface area contributed by atoms with Gasteiger partial charge in [-0.25, -0.2) is 0 Å². The first-order valence-electron chi connectivity index (χ1n) is 7.61. The third kappa shape index (κ3) is 4.22. The molecule has 3 heteroatoms. The molecule has 0 saturated carbocycles. The number of nitrogens with one attached hydrogen (secondary N) is 1. The standard InChI is InChI=1S/C17H27NO2/c1-12(2)9-18-10-15-7-13(3)17(14(4)8-15)20-16-5-6-19-11-16/h7-8,12,16,18H,5-6,9-11H2,1-4H3. The molecule has 1 atom stereocenters. The van der Waals surface area contributed by atoms with E-state index in [0.29, 0.717) is 5.92 Å². The van der Waals surface area contributed by atoms with Crippen molar-refractivity contribution in [1.82, 2.24) is 5.32 Å². The fourth-order valence-electron chi connectivity index (χ4n) is 2.61. The third-order valence-corrected chi connectivity index (χ3v) is 3.57. The fraction of sp³-hybridized carbons (Fsp3) is 0.647. The van der Waals surface area contributed by atoms with Crippen LogP contribution in [0.3, 0.4) is 0 Å². The Balaban J connectivity index is 2.00. The molecule has 1 aromatic rings. The number of rotatable bonds is 6. The zero-order valence-corrected chi connectivity index (χ0v) is 13.2. The SMILES string of the molecule is Cc1cc(CNCC(C)C)cc(C)c1OC1CCOC1. The van der Waals surface area contributed by atoms with Crippen LogP contribution in [-0.2, 0) is 11.3 Å². The number of hydrogen-bond donors (Lipinski definition) is 1. The maximum absolute atomic E-state index is 6.09. The smallest absolute Gasteiger partial charge is 0.125 e. The fourth-order valence-corrected chi connectivity index (χ4v) is 2.61. The quantitative estimate of drug-likeness (QED) is 0.866. The predicted octanol–water partition coefficient (Wildman–Crippen LogP) is 3.22. The minimum atomic E-state index is 0.220. The van der Waals surface area contributed by atoms with Gasteiger partial charge in [0.15, 0.2) is 0 Å². The summed E-state index contributed by atoms with van der Waals surface area (Å²) in [5, 5.41) is 3.49. The second-order valence-electron chi connectivity index (χ2n) is 6.19. The minimum Gasteiger partial charge on any atom is -0.487 e. The molecule has 0 radical (unpaired) electrons. The zero-order chi connectivity index (χ0) is 14.5. The molecular formula is C17H27NO2. The summed E-state index contributed by atoms with van der Waals surface area (Å²) in [6, 6.07) is 4.46. The van der Waals surface area contributed by atoms with Crippen LogP contribution in [0.25, 0.3) is 0 Å². The Bertz CT molecular complexity index is 414. The third-order valence-electron chi connectivity index (χ3n) is 3.57.